The molecule has 1 aromatic heterocycles. The molecule has 0 bridgehead atoms. The molecule has 1 atom stereocenters. The van der Waals surface area contributed by atoms with E-state index in [1.54, 1.807) is 26.4 Å². The Labute approximate surface area is 219 Å². The van der Waals surface area contributed by atoms with Crippen LogP contribution in [0.3, 0.4) is 0 Å². The Bertz CT molecular complexity index is 1300. The summed E-state index contributed by atoms with van der Waals surface area (Å²) in [5, 5.41) is 2.64. The molecule has 192 valence electrons. The summed E-state index contributed by atoms with van der Waals surface area (Å²) in [6.07, 6.45) is 3.32. The smallest absolute Gasteiger partial charge is 0.287 e. The Morgan fingerprint density at radius 2 is 1.75 bits per heavy atom. The summed E-state index contributed by atoms with van der Waals surface area (Å²) in [5.74, 6) is 0.853. The molecule has 0 spiro atoms. The van der Waals surface area contributed by atoms with Crippen LogP contribution in [0.25, 0.3) is 0 Å². The summed E-state index contributed by atoms with van der Waals surface area (Å²) in [7, 11) is -0.653. The molecule has 0 radical (unpaired) electrons. The molecule has 10 heteroatoms. The zero-order valence-corrected chi connectivity index (χ0v) is 22.6. The van der Waals surface area contributed by atoms with E-state index in [4.69, 9.17) is 13.9 Å². The van der Waals surface area contributed by atoms with Gasteiger partial charge in [0.1, 0.15) is 11.5 Å². The van der Waals surface area contributed by atoms with Gasteiger partial charge in [-0.05, 0) is 80.5 Å². The summed E-state index contributed by atoms with van der Waals surface area (Å²) in [6, 6.07) is 14.4. The van der Waals surface area contributed by atoms with E-state index in [0.717, 1.165) is 36.0 Å². The number of sulfone groups is 1. The fraction of sp³-hybridized carbons (Fsp3) is 0.346. The van der Waals surface area contributed by atoms with Crippen molar-refractivity contribution in [2.75, 3.05) is 33.9 Å². The van der Waals surface area contributed by atoms with Crippen LogP contribution < -0.4 is 14.8 Å². The van der Waals surface area contributed by atoms with Crippen molar-refractivity contribution in [2.24, 2.45) is 0 Å². The minimum Gasteiger partial charge on any atom is -0.497 e. The summed E-state index contributed by atoms with van der Waals surface area (Å²) < 4.78 is 43.1. The number of nitrogens with one attached hydrogen (secondary N) is 1. The molecule has 1 aliphatic rings. The van der Waals surface area contributed by atoms with Crippen LogP contribution in [-0.4, -0.2) is 53.1 Å². The predicted molar refractivity (Wildman–Crippen MR) is 138 cm³/mol. The predicted octanol–water partition coefficient (Wildman–Crippen LogP) is 4.85. The first kappa shape index (κ1) is 26.2. The SMILES string of the molecule is COc1ccc(OC)c(C(CNC(=O)c2ccc(S(=O)(=O)c3ccc(Br)cc3)o2)N2CCCCC2)c1. The standard InChI is InChI=1S/C26H29BrN2O6S/c1-33-19-8-11-23(34-2)21(16-19)22(29-14-4-3-5-15-29)17-28-26(30)24-12-13-25(35-24)36(31,32)20-9-6-18(27)7-10-20/h6-13,16,22H,3-5,14-15,17H2,1-2H3,(H,28,30). The van der Waals surface area contributed by atoms with E-state index in [-0.39, 0.29) is 28.3 Å². The zero-order chi connectivity index (χ0) is 25.7. The first-order valence-corrected chi connectivity index (χ1v) is 14.0. The average Bonchev–Trinajstić information content (AvgIpc) is 3.41. The summed E-state index contributed by atoms with van der Waals surface area (Å²) >= 11 is 3.29. The molecule has 4 rings (SSSR count). The monoisotopic (exact) mass is 576 g/mol. The Kier molecular flexibility index (Phi) is 8.38. The molecule has 1 aliphatic heterocycles. The largest absolute Gasteiger partial charge is 0.497 e. The average molecular weight is 577 g/mol. The minimum atomic E-state index is -3.88. The number of ether oxygens (including phenoxy) is 2. The van der Waals surface area contributed by atoms with Gasteiger partial charge in [-0.1, -0.05) is 22.4 Å². The highest BCUT2D eigenvalue weighted by Crippen LogP contribution is 2.34. The number of furan rings is 1. The van der Waals surface area contributed by atoms with Crippen LogP contribution in [0, 0.1) is 0 Å². The molecule has 36 heavy (non-hydrogen) atoms. The molecule has 1 amide bonds. The van der Waals surface area contributed by atoms with Crippen molar-refractivity contribution in [2.45, 2.75) is 35.3 Å². The van der Waals surface area contributed by atoms with Gasteiger partial charge in [0, 0.05) is 16.6 Å². The second kappa shape index (κ2) is 11.5. The maximum atomic E-state index is 13.0. The second-order valence-corrected chi connectivity index (χ2v) is 11.3. The van der Waals surface area contributed by atoms with Gasteiger partial charge in [-0.25, -0.2) is 8.42 Å². The topological polar surface area (TPSA) is 98.1 Å². The van der Waals surface area contributed by atoms with Gasteiger partial charge in [0.05, 0.1) is 25.2 Å². The van der Waals surface area contributed by atoms with E-state index in [9.17, 15) is 13.2 Å². The molecule has 1 saturated heterocycles. The van der Waals surface area contributed by atoms with Crippen molar-refractivity contribution in [3.8, 4) is 11.5 Å². The van der Waals surface area contributed by atoms with Crippen molar-refractivity contribution >= 4 is 31.7 Å². The number of methoxy groups -OCH3 is 2. The summed E-state index contributed by atoms with van der Waals surface area (Å²) in [5.41, 5.74) is 0.914. The van der Waals surface area contributed by atoms with Crippen LogP contribution in [0.4, 0.5) is 0 Å². The van der Waals surface area contributed by atoms with Crippen LogP contribution in [0.15, 0.2) is 73.5 Å². The van der Waals surface area contributed by atoms with Gasteiger partial charge in [-0.3, -0.25) is 9.69 Å². The van der Waals surface area contributed by atoms with E-state index in [1.807, 2.05) is 18.2 Å². The number of hydrogen-bond acceptors (Lipinski definition) is 7. The van der Waals surface area contributed by atoms with Gasteiger partial charge in [0.15, 0.2) is 5.76 Å². The van der Waals surface area contributed by atoms with Gasteiger partial charge < -0.3 is 19.2 Å². The number of piperidine rings is 1. The fourth-order valence-electron chi connectivity index (χ4n) is 4.36. The number of carbonyl (C=O) groups is 1. The highest BCUT2D eigenvalue weighted by atomic mass is 79.9. The quantitative estimate of drug-likeness (QED) is 0.389. The molecule has 3 aromatic rings. The highest BCUT2D eigenvalue weighted by Gasteiger charge is 2.28. The molecular weight excluding hydrogens is 548 g/mol. The van der Waals surface area contributed by atoms with E-state index >= 15 is 0 Å². The number of amides is 1. The first-order chi connectivity index (χ1) is 17.3. The maximum absolute atomic E-state index is 13.0. The maximum Gasteiger partial charge on any atom is 0.287 e. The van der Waals surface area contributed by atoms with Crippen molar-refractivity contribution in [1.82, 2.24) is 10.2 Å². The number of benzene rings is 2. The summed E-state index contributed by atoms with van der Waals surface area (Å²) in [4.78, 5) is 15.4. The molecule has 0 saturated carbocycles. The van der Waals surface area contributed by atoms with E-state index < -0.39 is 15.7 Å². The third-order valence-corrected chi connectivity index (χ3v) is 8.45. The lowest BCUT2D eigenvalue weighted by atomic mass is 10.00. The van der Waals surface area contributed by atoms with Gasteiger partial charge >= 0.3 is 0 Å². The van der Waals surface area contributed by atoms with Crippen LogP contribution in [-0.2, 0) is 9.84 Å². The number of hydrogen-bond donors (Lipinski definition) is 1. The van der Waals surface area contributed by atoms with E-state index in [2.05, 4.69) is 26.1 Å². The lowest BCUT2D eigenvalue weighted by Crippen LogP contribution is -2.40. The van der Waals surface area contributed by atoms with Crippen molar-refractivity contribution in [3.05, 3.63) is 70.4 Å². The number of halogens is 1. The number of rotatable bonds is 9. The minimum absolute atomic E-state index is 0.0688. The summed E-state index contributed by atoms with van der Waals surface area (Å²) in [6.45, 7) is 2.09. The highest BCUT2D eigenvalue weighted by molar-refractivity contribution is 9.10. The lowest BCUT2D eigenvalue weighted by molar-refractivity contribution is 0.0890. The first-order valence-electron chi connectivity index (χ1n) is 11.7. The van der Waals surface area contributed by atoms with E-state index in [1.165, 1.54) is 30.7 Å². The molecule has 1 fully saturated rings. The van der Waals surface area contributed by atoms with Crippen LogP contribution in [0.5, 0.6) is 11.5 Å². The Hall–Kier alpha value is -2.82. The third kappa shape index (κ3) is 5.77. The molecule has 1 N–H and O–H groups in total. The Balaban J connectivity index is 1.54. The third-order valence-electron chi connectivity index (χ3n) is 6.28. The van der Waals surface area contributed by atoms with Gasteiger partial charge in [0.2, 0.25) is 14.9 Å². The van der Waals surface area contributed by atoms with Gasteiger partial charge in [0.25, 0.3) is 5.91 Å². The molecular formula is C26H29BrN2O6S. The normalized spacial score (nSPS) is 15.3. The second-order valence-electron chi connectivity index (χ2n) is 8.51. The van der Waals surface area contributed by atoms with Crippen molar-refractivity contribution in [1.29, 1.82) is 0 Å². The molecule has 2 aromatic carbocycles. The zero-order valence-electron chi connectivity index (χ0n) is 20.2. The van der Waals surface area contributed by atoms with Crippen LogP contribution in [0.1, 0.15) is 41.4 Å². The molecule has 0 aliphatic carbocycles. The fourth-order valence-corrected chi connectivity index (χ4v) is 5.80. The molecule has 2 heterocycles. The van der Waals surface area contributed by atoms with Crippen molar-refractivity contribution in [3.63, 3.8) is 0 Å². The Morgan fingerprint density at radius 3 is 2.42 bits per heavy atom. The van der Waals surface area contributed by atoms with Gasteiger partial charge in [-0.15, -0.1) is 0 Å². The Morgan fingerprint density at radius 1 is 1.03 bits per heavy atom. The molecule has 8 nitrogen and oxygen atoms in total. The van der Waals surface area contributed by atoms with Crippen molar-refractivity contribution < 1.29 is 27.1 Å². The van der Waals surface area contributed by atoms with Crippen LogP contribution in [0.2, 0.25) is 0 Å². The number of nitrogens with zero attached hydrogens (tertiary/aromatic N) is 1. The van der Waals surface area contributed by atoms with E-state index in [0.29, 0.717) is 11.5 Å². The molecule has 1 unspecified atom stereocenters. The number of likely N-dealkylation sites (tertiary alicyclic amines) is 1. The number of carbonyl (C=O) groups excluding carboxylic acids is 1. The van der Waals surface area contributed by atoms with Crippen LogP contribution >= 0.6 is 15.9 Å². The van der Waals surface area contributed by atoms with Gasteiger partial charge in [-0.2, -0.15) is 0 Å². The lowest BCUT2D eigenvalue weighted by Gasteiger charge is -2.35.